The van der Waals surface area contributed by atoms with Gasteiger partial charge in [0.2, 0.25) is 12.7 Å². The predicted molar refractivity (Wildman–Crippen MR) is 118 cm³/mol. The van der Waals surface area contributed by atoms with E-state index in [0.717, 1.165) is 22.6 Å². The summed E-state index contributed by atoms with van der Waals surface area (Å²) < 4.78 is 12.5. The first kappa shape index (κ1) is 20.8. The Labute approximate surface area is 195 Å². The van der Waals surface area contributed by atoms with E-state index in [4.69, 9.17) is 9.47 Å². The molecule has 10 heteroatoms. The van der Waals surface area contributed by atoms with Crippen molar-refractivity contribution < 1.29 is 23.9 Å². The van der Waals surface area contributed by atoms with Gasteiger partial charge in [0, 0.05) is 37.3 Å². The Bertz CT molecular complexity index is 1260. The average molecular weight is 464 g/mol. The Balaban J connectivity index is 1.12. The zero-order valence-corrected chi connectivity index (χ0v) is 18.4. The molecular weight excluding hydrogens is 440 g/mol. The summed E-state index contributed by atoms with van der Waals surface area (Å²) in [7, 11) is 0. The van der Waals surface area contributed by atoms with Crippen LogP contribution in [0.1, 0.15) is 30.0 Å². The molecule has 1 N–H and O–H groups in total. The number of fused-ring (bicyclic) bond motifs is 5. The van der Waals surface area contributed by atoms with Gasteiger partial charge in [-0.15, -0.1) is 0 Å². The van der Waals surface area contributed by atoms with Gasteiger partial charge in [0.1, 0.15) is 6.04 Å². The molecule has 1 aromatic carbocycles. The number of aromatic nitrogens is 1. The maximum Gasteiger partial charge on any atom is 0.325 e. The van der Waals surface area contributed by atoms with E-state index in [1.54, 1.807) is 35.2 Å². The molecule has 2 saturated heterocycles. The summed E-state index contributed by atoms with van der Waals surface area (Å²) in [6.07, 6.45) is 0.860. The fourth-order valence-electron chi connectivity index (χ4n) is 5.49. The first-order valence-electron chi connectivity index (χ1n) is 11.4. The summed E-state index contributed by atoms with van der Waals surface area (Å²) in [4.78, 5) is 53.7. The molecular formula is C24H24N4O6. The van der Waals surface area contributed by atoms with E-state index in [9.17, 15) is 19.2 Å². The lowest BCUT2D eigenvalue weighted by molar-refractivity contribution is -0.137. The molecule has 1 aromatic heterocycles. The molecule has 6 rings (SSSR count). The van der Waals surface area contributed by atoms with Gasteiger partial charge >= 0.3 is 6.03 Å². The molecule has 2 fully saturated rings. The number of likely N-dealkylation sites (tertiary alicyclic amines) is 1. The van der Waals surface area contributed by atoms with Crippen molar-refractivity contribution in [3.8, 4) is 11.5 Å². The fraction of sp³-hybridized carbons (Fsp3) is 0.417. The van der Waals surface area contributed by atoms with E-state index in [-0.39, 0.29) is 43.1 Å². The van der Waals surface area contributed by atoms with Gasteiger partial charge in [0.05, 0.1) is 13.0 Å². The smallest absolute Gasteiger partial charge is 0.325 e. The molecule has 0 aliphatic carbocycles. The molecule has 10 nitrogen and oxygen atoms in total. The molecule has 3 atom stereocenters. The summed E-state index contributed by atoms with van der Waals surface area (Å²) in [5, 5.41) is 2.66. The molecule has 0 spiro atoms. The van der Waals surface area contributed by atoms with Gasteiger partial charge in [-0.05, 0) is 36.1 Å². The van der Waals surface area contributed by atoms with E-state index in [0.29, 0.717) is 31.1 Å². The van der Waals surface area contributed by atoms with Crippen molar-refractivity contribution in [1.29, 1.82) is 0 Å². The number of ether oxygens (including phenoxy) is 2. The number of imide groups is 1. The normalized spacial score (nSPS) is 24.8. The highest BCUT2D eigenvalue weighted by Gasteiger charge is 2.42. The Kier molecular flexibility index (Phi) is 4.82. The number of nitrogens with one attached hydrogen (secondary N) is 1. The van der Waals surface area contributed by atoms with Crippen molar-refractivity contribution in [3.63, 3.8) is 0 Å². The van der Waals surface area contributed by atoms with Crippen molar-refractivity contribution in [2.45, 2.75) is 37.9 Å². The maximum atomic E-state index is 13.1. The van der Waals surface area contributed by atoms with Crippen molar-refractivity contribution in [2.24, 2.45) is 5.92 Å². The maximum absolute atomic E-state index is 13.1. The van der Waals surface area contributed by atoms with Crippen LogP contribution in [-0.2, 0) is 22.7 Å². The van der Waals surface area contributed by atoms with Crippen molar-refractivity contribution >= 4 is 17.8 Å². The second-order valence-electron chi connectivity index (χ2n) is 9.32. The van der Waals surface area contributed by atoms with Gasteiger partial charge in [0.15, 0.2) is 11.5 Å². The number of hydrogen-bond donors (Lipinski definition) is 1. The van der Waals surface area contributed by atoms with E-state index in [1.807, 2.05) is 10.6 Å². The molecule has 2 aromatic rings. The lowest BCUT2D eigenvalue weighted by Crippen LogP contribution is -2.50. The third kappa shape index (κ3) is 3.49. The number of amides is 4. The van der Waals surface area contributed by atoms with Crippen LogP contribution >= 0.6 is 0 Å². The summed E-state index contributed by atoms with van der Waals surface area (Å²) in [5.74, 6) is 0.933. The predicted octanol–water partition coefficient (Wildman–Crippen LogP) is 1.03. The molecule has 4 aliphatic heterocycles. The van der Waals surface area contributed by atoms with Crippen LogP contribution in [-0.4, -0.2) is 58.1 Å². The Morgan fingerprint density at radius 2 is 1.88 bits per heavy atom. The largest absolute Gasteiger partial charge is 0.454 e. The fourth-order valence-corrected chi connectivity index (χ4v) is 5.49. The second-order valence-corrected chi connectivity index (χ2v) is 9.32. The second kappa shape index (κ2) is 7.89. The van der Waals surface area contributed by atoms with Gasteiger partial charge in [-0.3, -0.25) is 19.3 Å². The van der Waals surface area contributed by atoms with Crippen LogP contribution in [0.15, 0.2) is 41.2 Å². The Hall–Kier alpha value is -3.82. The Morgan fingerprint density at radius 1 is 1.03 bits per heavy atom. The van der Waals surface area contributed by atoms with Crippen molar-refractivity contribution in [3.05, 3.63) is 58.0 Å². The third-order valence-corrected chi connectivity index (χ3v) is 7.10. The number of carbonyl (C=O) groups excluding carboxylic acids is 3. The number of pyridine rings is 1. The zero-order chi connectivity index (χ0) is 23.4. The first-order valence-corrected chi connectivity index (χ1v) is 11.4. The Morgan fingerprint density at radius 3 is 2.76 bits per heavy atom. The van der Waals surface area contributed by atoms with Gasteiger partial charge in [-0.25, -0.2) is 4.79 Å². The van der Waals surface area contributed by atoms with Crippen LogP contribution in [0, 0.1) is 5.92 Å². The van der Waals surface area contributed by atoms with Crippen LogP contribution in [0.2, 0.25) is 0 Å². The van der Waals surface area contributed by atoms with Crippen molar-refractivity contribution in [1.82, 2.24) is 19.7 Å². The number of piperidine rings is 1. The van der Waals surface area contributed by atoms with E-state index < -0.39 is 18.0 Å². The highest BCUT2D eigenvalue weighted by atomic mass is 16.7. The van der Waals surface area contributed by atoms with Crippen LogP contribution in [0.3, 0.4) is 0 Å². The molecule has 0 unspecified atom stereocenters. The minimum absolute atomic E-state index is 0.00575. The average Bonchev–Trinajstić information content (AvgIpc) is 3.39. The number of nitrogens with zero attached hydrogens (tertiary/aromatic N) is 3. The summed E-state index contributed by atoms with van der Waals surface area (Å²) >= 11 is 0. The van der Waals surface area contributed by atoms with Gasteiger partial charge < -0.3 is 24.3 Å². The SMILES string of the molecule is O=C(C[C@H]1NC(=O)N(Cc2ccc3c(c2)OCO3)C1=O)N1C[C@H]2C[C@H](C1)c1cccc(=O)n1C2. The van der Waals surface area contributed by atoms with Crippen LogP contribution in [0.25, 0.3) is 0 Å². The molecule has 0 radical (unpaired) electrons. The zero-order valence-electron chi connectivity index (χ0n) is 18.4. The van der Waals surface area contributed by atoms with E-state index in [1.165, 1.54) is 0 Å². The molecule has 0 saturated carbocycles. The topological polar surface area (TPSA) is 110 Å². The minimum atomic E-state index is -0.884. The summed E-state index contributed by atoms with van der Waals surface area (Å²) in [6.45, 7) is 1.89. The number of benzene rings is 1. The molecule has 4 amide bonds. The van der Waals surface area contributed by atoms with Crippen LogP contribution in [0.5, 0.6) is 11.5 Å². The van der Waals surface area contributed by atoms with Crippen molar-refractivity contribution in [2.75, 3.05) is 19.9 Å². The van der Waals surface area contributed by atoms with Gasteiger partial charge in [-0.2, -0.15) is 0 Å². The number of urea groups is 1. The lowest BCUT2D eigenvalue weighted by Gasteiger charge is -2.43. The highest BCUT2D eigenvalue weighted by Crippen LogP contribution is 2.36. The standard InChI is InChI=1S/C24H24N4O6/c29-21-3-1-2-18-16-6-15(11-27(18)21)9-26(12-16)22(30)8-17-23(31)28(24(32)25-17)10-14-4-5-19-20(7-14)34-13-33-19/h1-5,7,15-17H,6,8-13H2,(H,25,32)/t15-,16-,17-/m1/s1. The van der Waals surface area contributed by atoms with Crippen LogP contribution in [0.4, 0.5) is 4.79 Å². The molecule has 176 valence electrons. The summed E-state index contributed by atoms with van der Waals surface area (Å²) in [6, 6.07) is 9.16. The number of rotatable bonds is 4. The third-order valence-electron chi connectivity index (χ3n) is 7.10. The number of hydrogen-bond acceptors (Lipinski definition) is 6. The van der Waals surface area contributed by atoms with E-state index >= 15 is 0 Å². The lowest BCUT2D eigenvalue weighted by atomic mass is 9.83. The highest BCUT2D eigenvalue weighted by molar-refractivity contribution is 6.05. The molecule has 5 heterocycles. The molecule has 4 aliphatic rings. The monoisotopic (exact) mass is 464 g/mol. The number of carbonyl (C=O) groups is 3. The van der Waals surface area contributed by atoms with Gasteiger partial charge in [0.25, 0.3) is 11.5 Å². The first-order chi connectivity index (χ1) is 16.5. The van der Waals surface area contributed by atoms with Crippen LogP contribution < -0.4 is 20.3 Å². The van der Waals surface area contributed by atoms with Gasteiger partial charge in [-0.1, -0.05) is 12.1 Å². The minimum Gasteiger partial charge on any atom is -0.454 e. The van der Waals surface area contributed by atoms with E-state index in [2.05, 4.69) is 5.32 Å². The molecule has 2 bridgehead atoms. The molecule has 34 heavy (non-hydrogen) atoms. The summed E-state index contributed by atoms with van der Waals surface area (Å²) in [5.41, 5.74) is 1.69. The quantitative estimate of drug-likeness (QED) is 0.677.